The van der Waals surface area contributed by atoms with E-state index in [2.05, 4.69) is 12.2 Å². The van der Waals surface area contributed by atoms with Gasteiger partial charge in [-0.25, -0.2) is 0 Å². The Labute approximate surface area is 136 Å². The number of hydrogen-bond acceptors (Lipinski definition) is 2. The van der Waals surface area contributed by atoms with Crippen LogP contribution in [0.5, 0.6) is 0 Å². The molecule has 3 nitrogen and oxygen atoms in total. The number of piperidine rings is 1. The highest BCUT2D eigenvalue weighted by Crippen LogP contribution is 2.24. The van der Waals surface area contributed by atoms with E-state index in [0.717, 1.165) is 32.6 Å². The maximum absolute atomic E-state index is 12.7. The summed E-state index contributed by atoms with van der Waals surface area (Å²) in [6.45, 7) is 5.75. The van der Waals surface area contributed by atoms with Crippen molar-refractivity contribution in [2.45, 2.75) is 26.2 Å². The lowest BCUT2D eigenvalue weighted by molar-refractivity contribution is 0.0719. The van der Waals surface area contributed by atoms with Crippen LogP contribution < -0.4 is 5.32 Å². The maximum Gasteiger partial charge on any atom is 0.253 e. The van der Waals surface area contributed by atoms with Gasteiger partial charge in [0.25, 0.3) is 5.91 Å². The normalized spacial score (nSPS) is 18.5. The summed E-state index contributed by atoms with van der Waals surface area (Å²) in [5, 5.41) is 4.31. The van der Waals surface area contributed by atoms with E-state index < -0.39 is 0 Å². The molecule has 21 heavy (non-hydrogen) atoms. The first-order chi connectivity index (χ1) is 10.1. The van der Waals surface area contributed by atoms with Crippen molar-refractivity contribution < 1.29 is 4.79 Å². The second kappa shape index (κ2) is 8.02. The highest BCUT2D eigenvalue weighted by Gasteiger charge is 2.21. The van der Waals surface area contributed by atoms with Crippen LogP contribution in [-0.2, 0) is 0 Å². The summed E-state index contributed by atoms with van der Waals surface area (Å²) in [4.78, 5) is 14.6. The molecular formula is C16H22Cl2N2O. The van der Waals surface area contributed by atoms with Crippen LogP contribution in [0.3, 0.4) is 0 Å². The van der Waals surface area contributed by atoms with Crippen molar-refractivity contribution in [3.63, 3.8) is 0 Å². The van der Waals surface area contributed by atoms with E-state index in [1.54, 1.807) is 18.2 Å². The van der Waals surface area contributed by atoms with Gasteiger partial charge in [0.2, 0.25) is 0 Å². The van der Waals surface area contributed by atoms with E-state index >= 15 is 0 Å². The zero-order valence-electron chi connectivity index (χ0n) is 12.4. The van der Waals surface area contributed by atoms with E-state index in [4.69, 9.17) is 23.2 Å². The highest BCUT2D eigenvalue weighted by molar-refractivity contribution is 6.42. The molecule has 0 radical (unpaired) electrons. The number of nitrogens with zero attached hydrogens (tertiary/aromatic N) is 1. The third-order valence-electron chi connectivity index (χ3n) is 3.82. The van der Waals surface area contributed by atoms with Crippen molar-refractivity contribution in [3.05, 3.63) is 33.8 Å². The van der Waals surface area contributed by atoms with E-state index in [9.17, 15) is 4.79 Å². The minimum Gasteiger partial charge on any atom is -0.338 e. The number of benzene rings is 1. The number of carbonyl (C=O) groups is 1. The number of nitrogens with one attached hydrogen (secondary N) is 1. The van der Waals surface area contributed by atoms with E-state index in [-0.39, 0.29) is 5.91 Å². The first-order valence-corrected chi connectivity index (χ1v) is 8.32. The molecule has 1 unspecified atom stereocenters. The Kier molecular flexibility index (Phi) is 6.34. The van der Waals surface area contributed by atoms with Crippen LogP contribution >= 0.6 is 23.2 Å². The van der Waals surface area contributed by atoms with Crippen LogP contribution in [0.2, 0.25) is 10.0 Å². The number of rotatable bonds is 5. The molecule has 1 N–H and O–H groups in total. The van der Waals surface area contributed by atoms with E-state index in [1.165, 1.54) is 12.8 Å². The molecule has 1 heterocycles. The molecule has 1 aromatic carbocycles. The van der Waals surface area contributed by atoms with Crippen molar-refractivity contribution in [1.82, 2.24) is 10.2 Å². The average molecular weight is 329 g/mol. The number of hydrogen-bond donors (Lipinski definition) is 1. The minimum absolute atomic E-state index is 0.0426. The fourth-order valence-corrected chi connectivity index (χ4v) is 3.05. The molecule has 0 spiro atoms. The molecule has 0 saturated carbocycles. The summed E-state index contributed by atoms with van der Waals surface area (Å²) in [7, 11) is 0. The summed E-state index contributed by atoms with van der Waals surface area (Å²) in [5.41, 5.74) is 0.613. The van der Waals surface area contributed by atoms with Crippen LogP contribution in [0, 0.1) is 5.92 Å². The molecule has 0 aliphatic carbocycles. The lowest BCUT2D eigenvalue weighted by Crippen LogP contribution is -2.41. The summed E-state index contributed by atoms with van der Waals surface area (Å²) >= 11 is 11.9. The largest absolute Gasteiger partial charge is 0.338 e. The van der Waals surface area contributed by atoms with Crippen LogP contribution in [0.1, 0.15) is 36.5 Å². The highest BCUT2D eigenvalue weighted by atomic mass is 35.5. The number of carbonyl (C=O) groups excluding carboxylic acids is 1. The Morgan fingerprint density at radius 2 is 2.19 bits per heavy atom. The van der Waals surface area contributed by atoms with Gasteiger partial charge in [-0.15, -0.1) is 0 Å². The van der Waals surface area contributed by atoms with Gasteiger partial charge in [0.15, 0.2) is 0 Å². The Hall–Kier alpha value is -0.770. The summed E-state index contributed by atoms with van der Waals surface area (Å²) in [6.07, 6.45) is 3.32. The van der Waals surface area contributed by atoms with Gasteiger partial charge in [-0.3, -0.25) is 4.79 Å². The third kappa shape index (κ3) is 4.60. The molecule has 116 valence electrons. The summed E-state index contributed by atoms with van der Waals surface area (Å²) in [5.74, 6) is 0.581. The van der Waals surface area contributed by atoms with E-state index in [0.29, 0.717) is 21.5 Å². The Morgan fingerprint density at radius 1 is 1.38 bits per heavy atom. The van der Waals surface area contributed by atoms with Gasteiger partial charge >= 0.3 is 0 Å². The van der Waals surface area contributed by atoms with Crippen molar-refractivity contribution in [3.8, 4) is 0 Å². The van der Waals surface area contributed by atoms with Gasteiger partial charge in [0, 0.05) is 18.7 Å². The molecule has 1 amide bonds. The zero-order valence-corrected chi connectivity index (χ0v) is 13.9. The van der Waals surface area contributed by atoms with Crippen LogP contribution in [-0.4, -0.2) is 37.0 Å². The molecule has 1 aliphatic rings. The monoisotopic (exact) mass is 328 g/mol. The fourth-order valence-electron chi connectivity index (χ4n) is 2.75. The Bertz CT molecular complexity index is 487. The zero-order chi connectivity index (χ0) is 15.2. The molecule has 0 aromatic heterocycles. The van der Waals surface area contributed by atoms with Crippen LogP contribution in [0.4, 0.5) is 0 Å². The quantitative estimate of drug-likeness (QED) is 0.890. The molecule has 1 fully saturated rings. The van der Waals surface area contributed by atoms with Gasteiger partial charge in [0.1, 0.15) is 0 Å². The first kappa shape index (κ1) is 16.6. The van der Waals surface area contributed by atoms with Crippen molar-refractivity contribution >= 4 is 29.1 Å². The minimum atomic E-state index is 0.0426. The smallest absolute Gasteiger partial charge is 0.253 e. The molecule has 1 aromatic rings. The third-order valence-corrected chi connectivity index (χ3v) is 4.56. The van der Waals surface area contributed by atoms with Gasteiger partial charge in [-0.2, -0.15) is 0 Å². The second-order valence-electron chi connectivity index (χ2n) is 5.59. The Balaban J connectivity index is 2.08. The maximum atomic E-state index is 12.7. The fraction of sp³-hybridized carbons (Fsp3) is 0.562. The molecular weight excluding hydrogens is 307 g/mol. The van der Waals surface area contributed by atoms with Crippen LogP contribution in [0.25, 0.3) is 0 Å². The van der Waals surface area contributed by atoms with E-state index in [1.807, 2.05) is 4.90 Å². The predicted molar refractivity (Wildman–Crippen MR) is 88.3 cm³/mol. The summed E-state index contributed by atoms with van der Waals surface area (Å²) in [6, 6.07) is 5.09. The van der Waals surface area contributed by atoms with Gasteiger partial charge in [-0.05, 0) is 56.5 Å². The topological polar surface area (TPSA) is 32.3 Å². The SMILES string of the molecule is CCCN(CC1CCCNC1)C(=O)c1ccc(Cl)c(Cl)c1. The van der Waals surface area contributed by atoms with Crippen molar-refractivity contribution in [2.75, 3.05) is 26.2 Å². The van der Waals surface area contributed by atoms with Crippen LogP contribution in [0.15, 0.2) is 18.2 Å². The lowest BCUT2D eigenvalue weighted by Gasteiger charge is -2.30. The lowest BCUT2D eigenvalue weighted by atomic mass is 9.98. The number of amides is 1. The molecule has 0 bridgehead atoms. The second-order valence-corrected chi connectivity index (χ2v) is 6.41. The predicted octanol–water partition coefficient (Wildman–Crippen LogP) is 3.85. The average Bonchev–Trinajstić information content (AvgIpc) is 2.50. The number of halogens is 2. The molecule has 2 rings (SSSR count). The van der Waals surface area contributed by atoms with Gasteiger partial charge in [-0.1, -0.05) is 30.1 Å². The summed E-state index contributed by atoms with van der Waals surface area (Å²) < 4.78 is 0. The van der Waals surface area contributed by atoms with Gasteiger partial charge in [0.05, 0.1) is 10.0 Å². The molecule has 5 heteroatoms. The molecule has 1 atom stereocenters. The van der Waals surface area contributed by atoms with Crippen molar-refractivity contribution in [2.24, 2.45) is 5.92 Å². The standard InChI is InChI=1S/C16H22Cl2N2O/c1-2-8-20(11-12-4-3-7-19-10-12)16(21)13-5-6-14(17)15(18)9-13/h5-6,9,12,19H,2-4,7-8,10-11H2,1H3. The Morgan fingerprint density at radius 3 is 2.81 bits per heavy atom. The first-order valence-electron chi connectivity index (χ1n) is 7.57. The molecule has 1 aliphatic heterocycles. The van der Waals surface area contributed by atoms with Crippen molar-refractivity contribution in [1.29, 1.82) is 0 Å². The van der Waals surface area contributed by atoms with Gasteiger partial charge < -0.3 is 10.2 Å². The molecule has 1 saturated heterocycles.